The highest BCUT2D eigenvalue weighted by atomic mass is 16.2. The third kappa shape index (κ3) is 2.24. The van der Waals surface area contributed by atoms with Crippen molar-refractivity contribution in [2.75, 3.05) is 24.5 Å². The molecule has 1 aromatic rings. The molecule has 2 heterocycles. The van der Waals surface area contributed by atoms with Gasteiger partial charge in [0.05, 0.1) is 0 Å². The highest BCUT2D eigenvalue weighted by molar-refractivity contribution is 5.96. The van der Waals surface area contributed by atoms with E-state index in [4.69, 9.17) is 0 Å². The summed E-state index contributed by atoms with van der Waals surface area (Å²) in [6, 6.07) is 8.52. The molecule has 1 saturated heterocycles. The van der Waals surface area contributed by atoms with E-state index in [-0.39, 0.29) is 5.41 Å². The molecule has 2 aliphatic rings. The van der Waals surface area contributed by atoms with Gasteiger partial charge in [-0.3, -0.25) is 4.79 Å². The molecule has 3 rings (SSSR count). The van der Waals surface area contributed by atoms with Crippen LogP contribution in [0.1, 0.15) is 44.6 Å². The minimum Gasteiger partial charge on any atom is -0.317 e. The van der Waals surface area contributed by atoms with Gasteiger partial charge < -0.3 is 10.2 Å². The molecular weight excluding hydrogens is 248 g/mol. The number of unbranched alkanes of at least 4 members (excludes halogenated alkanes) is 1. The molecular formula is C17H24N2O. The first-order valence-corrected chi connectivity index (χ1v) is 7.87. The third-order valence-corrected chi connectivity index (χ3v) is 4.83. The Morgan fingerprint density at radius 2 is 2.05 bits per heavy atom. The van der Waals surface area contributed by atoms with Gasteiger partial charge in [-0.05, 0) is 44.0 Å². The van der Waals surface area contributed by atoms with Crippen molar-refractivity contribution in [3.63, 3.8) is 0 Å². The van der Waals surface area contributed by atoms with Crippen LogP contribution in [0.3, 0.4) is 0 Å². The van der Waals surface area contributed by atoms with Crippen LogP contribution >= 0.6 is 0 Å². The number of nitrogens with zero attached hydrogens (tertiary/aromatic N) is 1. The van der Waals surface area contributed by atoms with E-state index >= 15 is 0 Å². The fourth-order valence-corrected chi connectivity index (χ4v) is 3.65. The monoisotopic (exact) mass is 272 g/mol. The van der Waals surface area contributed by atoms with E-state index < -0.39 is 0 Å². The molecule has 1 fully saturated rings. The Labute approximate surface area is 121 Å². The minimum absolute atomic E-state index is 0.198. The van der Waals surface area contributed by atoms with Crippen molar-refractivity contribution in [1.82, 2.24) is 5.32 Å². The summed E-state index contributed by atoms with van der Waals surface area (Å²) in [7, 11) is 0. The van der Waals surface area contributed by atoms with Crippen LogP contribution in [0.4, 0.5) is 5.69 Å². The maximum absolute atomic E-state index is 12.5. The lowest BCUT2D eigenvalue weighted by Crippen LogP contribution is -2.44. The summed E-state index contributed by atoms with van der Waals surface area (Å²) in [6.45, 7) is 5.15. The van der Waals surface area contributed by atoms with Crippen LogP contribution in [-0.4, -0.2) is 25.5 Å². The number of hydrogen-bond acceptors (Lipinski definition) is 2. The highest BCUT2D eigenvalue weighted by Crippen LogP contribution is 2.46. The number of piperidine rings is 1. The smallest absolute Gasteiger partial charge is 0.227 e. The molecule has 1 aromatic carbocycles. The van der Waals surface area contributed by atoms with Crippen LogP contribution in [0.25, 0.3) is 0 Å². The molecule has 1 amide bonds. The standard InChI is InChI=1S/C17H24N2O/c1-2-3-8-16(20)19-13-17(9-11-18-12-10-17)14-6-4-5-7-15(14)19/h4-7,18H,2-3,8-13H2,1H3. The molecule has 0 unspecified atom stereocenters. The van der Waals surface area contributed by atoms with Crippen molar-refractivity contribution in [3.8, 4) is 0 Å². The molecule has 0 atom stereocenters. The largest absolute Gasteiger partial charge is 0.317 e. The van der Waals surface area contributed by atoms with E-state index in [1.807, 2.05) is 0 Å². The summed E-state index contributed by atoms with van der Waals surface area (Å²) in [4.78, 5) is 14.6. The fourth-order valence-electron chi connectivity index (χ4n) is 3.65. The van der Waals surface area contributed by atoms with E-state index in [0.717, 1.165) is 51.0 Å². The summed E-state index contributed by atoms with van der Waals surface area (Å²) < 4.78 is 0. The first-order chi connectivity index (χ1) is 9.77. The molecule has 3 heteroatoms. The van der Waals surface area contributed by atoms with Gasteiger partial charge in [-0.25, -0.2) is 0 Å². The average Bonchev–Trinajstić information content (AvgIpc) is 2.81. The molecule has 0 aliphatic carbocycles. The van der Waals surface area contributed by atoms with Crippen molar-refractivity contribution >= 4 is 11.6 Å². The van der Waals surface area contributed by atoms with Crippen molar-refractivity contribution in [1.29, 1.82) is 0 Å². The molecule has 1 N–H and O–H groups in total. The van der Waals surface area contributed by atoms with Crippen molar-refractivity contribution in [2.45, 2.75) is 44.4 Å². The number of benzene rings is 1. The molecule has 2 aliphatic heterocycles. The number of carbonyl (C=O) groups is 1. The second kappa shape index (κ2) is 5.57. The van der Waals surface area contributed by atoms with Gasteiger partial charge in [0.25, 0.3) is 0 Å². The number of carbonyl (C=O) groups excluding carboxylic acids is 1. The predicted octanol–water partition coefficient (Wildman–Crippen LogP) is 2.84. The van der Waals surface area contributed by atoms with Crippen LogP contribution in [-0.2, 0) is 10.2 Å². The molecule has 0 radical (unpaired) electrons. The zero-order valence-corrected chi connectivity index (χ0v) is 12.3. The zero-order chi connectivity index (χ0) is 14.0. The first kappa shape index (κ1) is 13.6. The molecule has 20 heavy (non-hydrogen) atoms. The van der Waals surface area contributed by atoms with Gasteiger partial charge in [-0.1, -0.05) is 31.5 Å². The summed E-state index contributed by atoms with van der Waals surface area (Å²) in [5, 5.41) is 3.44. The van der Waals surface area contributed by atoms with Crippen LogP contribution in [0.15, 0.2) is 24.3 Å². The van der Waals surface area contributed by atoms with Gasteiger partial charge in [0, 0.05) is 24.1 Å². The minimum atomic E-state index is 0.198. The van der Waals surface area contributed by atoms with Crippen molar-refractivity contribution in [2.24, 2.45) is 0 Å². The average molecular weight is 272 g/mol. The summed E-state index contributed by atoms with van der Waals surface area (Å²) >= 11 is 0. The van der Waals surface area contributed by atoms with Crippen LogP contribution in [0.2, 0.25) is 0 Å². The molecule has 0 aromatic heterocycles. The normalized spacial score (nSPS) is 20.1. The van der Waals surface area contributed by atoms with Crippen LogP contribution in [0, 0.1) is 0 Å². The van der Waals surface area contributed by atoms with Gasteiger partial charge in [0.1, 0.15) is 0 Å². The number of anilines is 1. The van der Waals surface area contributed by atoms with Gasteiger partial charge >= 0.3 is 0 Å². The lowest BCUT2D eigenvalue weighted by atomic mass is 9.75. The number of hydrogen-bond donors (Lipinski definition) is 1. The highest BCUT2D eigenvalue weighted by Gasteiger charge is 2.44. The van der Waals surface area contributed by atoms with E-state index in [1.165, 1.54) is 5.56 Å². The van der Waals surface area contributed by atoms with Gasteiger partial charge in [0.15, 0.2) is 0 Å². The van der Waals surface area contributed by atoms with Gasteiger partial charge in [-0.15, -0.1) is 0 Å². The van der Waals surface area contributed by atoms with Gasteiger partial charge in [0.2, 0.25) is 5.91 Å². The zero-order valence-electron chi connectivity index (χ0n) is 12.3. The van der Waals surface area contributed by atoms with Crippen LogP contribution < -0.4 is 10.2 Å². The molecule has 1 spiro atoms. The number of fused-ring (bicyclic) bond motifs is 2. The molecule has 0 bridgehead atoms. The van der Waals surface area contributed by atoms with Gasteiger partial charge in [-0.2, -0.15) is 0 Å². The summed E-state index contributed by atoms with van der Waals surface area (Å²) in [6.07, 6.45) is 5.03. The predicted molar refractivity (Wildman–Crippen MR) is 82.1 cm³/mol. The van der Waals surface area contributed by atoms with E-state index in [2.05, 4.69) is 41.4 Å². The fraction of sp³-hybridized carbons (Fsp3) is 0.588. The SMILES string of the molecule is CCCCC(=O)N1CC2(CCNCC2)c2ccccc21. The Morgan fingerprint density at radius 1 is 1.30 bits per heavy atom. The Balaban J connectivity index is 1.90. The Morgan fingerprint density at radius 3 is 2.80 bits per heavy atom. The maximum atomic E-state index is 12.5. The second-order valence-corrected chi connectivity index (χ2v) is 6.13. The second-order valence-electron chi connectivity index (χ2n) is 6.13. The first-order valence-electron chi connectivity index (χ1n) is 7.87. The van der Waals surface area contributed by atoms with Crippen molar-refractivity contribution in [3.05, 3.63) is 29.8 Å². The summed E-state index contributed by atoms with van der Waals surface area (Å²) in [5.74, 6) is 0.301. The molecule has 3 nitrogen and oxygen atoms in total. The number of rotatable bonds is 3. The quantitative estimate of drug-likeness (QED) is 0.917. The lowest BCUT2D eigenvalue weighted by molar-refractivity contribution is -0.118. The van der Waals surface area contributed by atoms with E-state index in [9.17, 15) is 4.79 Å². The van der Waals surface area contributed by atoms with Crippen LogP contribution in [0.5, 0.6) is 0 Å². The molecule has 108 valence electrons. The Hall–Kier alpha value is -1.35. The maximum Gasteiger partial charge on any atom is 0.227 e. The summed E-state index contributed by atoms with van der Waals surface area (Å²) in [5.41, 5.74) is 2.76. The lowest BCUT2D eigenvalue weighted by Gasteiger charge is -2.34. The Bertz CT molecular complexity index is 492. The van der Waals surface area contributed by atoms with E-state index in [0.29, 0.717) is 12.3 Å². The topological polar surface area (TPSA) is 32.3 Å². The number of amides is 1. The number of para-hydroxylation sites is 1. The van der Waals surface area contributed by atoms with Crippen molar-refractivity contribution < 1.29 is 4.79 Å². The Kier molecular flexibility index (Phi) is 3.79. The third-order valence-electron chi connectivity index (χ3n) is 4.83. The van der Waals surface area contributed by atoms with E-state index in [1.54, 1.807) is 0 Å². The number of nitrogens with one attached hydrogen (secondary N) is 1. The molecule has 0 saturated carbocycles.